The van der Waals surface area contributed by atoms with Gasteiger partial charge in [-0.05, 0) is 36.4 Å². The Morgan fingerprint density at radius 1 is 1.26 bits per heavy atom. The molecule has 1 atom stereocenters. The lowest BCUT2D eigenvalue weighted by molar-refractivity contribution is 0.425. The molecule has 102 valence electrons. The Hall–Kier alpha value is -1.32. The maximum absolute atomic E-state index is 13.6. The topological polar surface area (TPSA) is 25.2 Å². The number of hydrogen-bond donors (Lipinski definition) is 1. The van der Waals surface area contributed by atoms with Crippen LogP contribution in [0, 0.1) is 5.82 Å². The summed E-state index contributed by atoms with van der Waals surface area (Å²) in [5.41, 5.74) is 0.806. The van der Waals surface area contributed by atoms with Gasteiger partial charge in [-0.1, -0.05) is 31.5 Å². The third kappa shape index (κ3) is 3.17. The fourth-order valence-corrected chi connectivity index (χ4v) is 2.14. The maximum atomic E-state index is 13.6. The van der Waals surface area contributed by atoms with Crippen molar-refractivity contribution in [1.29, 1.82) is 0 Å². The van der Waals surface area contributed by atoms with Gasteiger partial charge in [0.05, 0.1) is 11.1 Å². The minimum atomic E-state index is -0.413. The molecule has 4 heteroatoms. The normalized spacial score (nSPS) is 12.6. The van der Waals surface area contributed by atoms with Crippen LogP contribution in [-0.2, 0) is 6.42 Å². The molecular weight excluding hydrogens is 265 g/mol. The van der Waals surface area contributed by atoms with Crippen LogP contribution in [0.2, 0.25) is 5.02 Å². The van der Waals surface area contributed by atoms with Crippen molar-refractivity contribution >= 4 is 11.6 Å². The first kappa shape index (κ1) is 14.1. The molecule has 0 saturated heterocycles. The van der Waals surface area contributed by atoms with Gasteiger partial charge in [-0.2, -0.15) is 0 Å². The monoisotopic (exact) mass is 281 g/mol. The molecule has 0 fully saturated rings. The number of halogens is 2. The van der Waals surface area contributed by atoms with Crippen LogP contribution < -0.4 is 5.32 Å². The number of furan rings is 1. The SMILES string of the molecule is CCNC(c1ccc(Cl)c(F)c1)c1ccc(CC)o1. The summed E-state index contributed by atoms with van der Waals surface area (Å²) in [7, 11) is 0. The van der Waals surface area contributed by atoms with E-state index in [0.717, 1.165) is 30.0 Å². The Morgan fingerprint density at radius 3 is 2.63 bits per heavy atom. The Balaban J connectivity index is 2.35. The minimum Gasteiger partial charge on any atom is -0.464 e. The fraction of sp³-hybridized carbons (Fsp3) is 0.333. The van der Waals surface area contributed by atoms with Crippen LogP contribution in [0.3, 0.4) is 0 Å². The quantitative estimate of drug-likeness (QED) is 0.882. The number of nitrogens with one attached hydrogen (secondary N) is 1. The first-order valence-corrected chi connectivity index (χ1v) is 6.80. The van der Waals surface area contributed by atoms with E-state index in [1.807, 2.05) is 32.0 Å². The average molecular weight is 282 g/mol. The Labute approximate surface area is 117 Å². The zero-order chi connectivity index (χ0) is 13.8. The first-order valence-electron chi connectivity index (χ1n) is 6.42. The second-order valence-corrected chi connectivity index (χ2v) is 4.73. The zero-order valence-electron chi connectivity index (χ0n) is 11.0. The van der Waals surface area contributed by atoms with Gasteiger partial charge in [0, 0.05) is 6.42 Å². The largest absolute Gasteiger partial charge is 0.464 e. The molecule has 0 aliphatic carbocycles. The highest BCUT2D eigenvalue weighted by atomic mass is 35.5. The van der Waals surface area contributed by atoms with Crippen molar-refractivity contribution < 1.29 is 8.81 Å². The summed E-state index contributed by atoms with van der Waals surface area (Å²) in [5, 5.41) is 3.43. The van der Waals surface area contributed by atoms with Gasteiger partial charge in [-0.15, -0.1) is 0 Å². The van der Waals surface area contributed by atoms with Crippen molar-refractivity contribution in [3.8, 4) is 0 Å². The van der Waals surface area contributed by atoms with E-state index in [1.54, 1.807) is 6.07 Å². The average Bonchev–Trinajstić information content (AvgIpc) is 2.88. The van der Waals surface area contributed by atoms with Crippen molar-refractivity contribution in [1.82, 2.24) is 5.32 Å². The molecule has 0 radical (unpaired) electrons. The summed E-state index contributed by atoms with van der Waals surface area (Å²) in [6, 6.07) is 8.55. The molecule has 0 aliphatic rings. The van der Waals surface area contributed by atoms with Crippen LogP contribution in [0.1, 0.15) is 37.0 Å². The van der Waals surface area contributed by atoms with Crippen molar-refractivity contribution in [2.24, 2.45) is 0 Å². The maximum Gasteiger partial charge on any atom is 0.142 e. The van der Waals surface area contributed by atoms with Crippen molar-refractivity contribution in [2.75, 3.05) is 6.54 Å². The lowest BCUT2D eigenvalue weighted by Crippen LogP contribution is -2.21. The Bertz CT molecular complexity index is 553. The van der Waals surface area contributed by atoms with Gasteiger partial charge in [0.15, 0.2) is 0 Å². The van der Waals surface area contributed by atoms with Crippen LogP contribution in [0.5, 0.6) is 0 Å². The zero-order valence-corrected chi connectivity index (χ0v) is 11.8. The molecule has 1 N–H and O–H groups in total. The molecule has 2 aromatic rings. The third-order valence-electron chi connectivity index (χ3n) is 3.00. The molecule has 1 unspecified atom stereocenters. The predicted octanol–water partition coefficient (Wildman–Crippen LogP) is 4.33. The van der Waals surface area contributed by atoms with Gasteiger partial charge in [-0.3, -0.25) is 0 Å². The predicted molar refractivity (Wildman–Crippen MR) is 75.0 cm³/mol. The molecule has 1 aromatic carbocycles. The molecule has 2 nitrogen and oxygen atoms in total. The van der Waals surface area contributed by atoms with Crippen LogP contribution in [0.4, 0.5) is 4.39 Å². The highest BCUT2D eigenvalue weighted by Crippen LogP contribution is 2.27. The van der Waals surface area contributed by atoms with Gasteiger partial charge in [0.2, 0.25) is 0 Å². The Morgan fingerprint density at radius 2 is 2.05 bits per heavy atom. The number of benzene rings is 1. The lowest BCUT2D eigenvalue weighted by atomic mass is 10.0. The van der Waals surface area contributed by atoms with Crippen LogP contribution in [-0.4, -0.2) is 6.54 Å². The van der Waals surface area contributed by atoms with E-state index in [9.17, 15) is 4.39 Å². The smallest absolute Gasteiger partial charge is 0.142 e. The summed E-state index contributed by atoms with van der Waals surface area (Å²) in [6.45, 7) is 4.80. The van der Waals surface area contributed by atoms with Gasteiger partial charge in [0.1, 0.15) is 17.3 Å². The summed E-state index contributed by atoms with van der Waals surface area (Å²) in [6.07, 6.45) is 0.841. The lowest BCUT2D eigenvalue weighted by Gasteiger charge is -2.16. The van der Waals surface area contributed by atoms with Gasteiger partial charge in [0.25, 0.3) is 0 Å². The highest BCUT2D eigenvalue weighted by Gasteiger charge is 2.18. The molecule has 0 amide bonds. The van der Waals surface area contributed by atoms with Gasteiger partial charge >= 0.3 is 0 Å². The van der Waals surface area contributed by atoms with E-state index in [4.69, 9.17) is 16.0 Å². The van der Waals surface area contributed by atoms with Gasteiger partial charge in [-0.25, -0.2) is 4.39 Å². The van der Waals surface area contributed by atoms with E-state index < -0.39 is 5.82 Å². The van der Waals surface area contributed by atoms with E-state index >= 15 is 0 Å². The summed E-state index contributed by atoms with van der Waals surface area (Å²) >= 11 is 5.72. The summed E-state index contributed by atoms with van der Waals surface area (Å²) in [5.74, 6) is 1.30. The van der Waals surface area contributed by atoms with Crippen LogP contribution in [0.15, 0.2) is 34.7 Å². The van der Waals surface area contributed by atoms with Crippen molar-refractivity contribution in [3.63, 3.8) is 0 Å². The minimum absolute atomic E-state index is 0.132. The van der Waals surface area contributed by atoms with E-state index in [2.05, 4.69) is 5.32 Å². The van der Waals surface area contributed by atoms with Crippen molar-refractivity contribution in [2.45, 2.75) is 26.3 Å². The molecule has 19 heavy (non-hydrogen) atoms. The van der Waals surface area contributed by atoms with E-state index in [1.165, 1.54) is 6.07 Å². The molecule has 0 spiro atoms. The summed E-state index contributed by atoms with van der Waals surface area (Å²) < 4.78 is 19.3. The number of hydrogen-bond acceptors (Lipinski definition) is 2. The molecule has 0 saturated carbocycles. The molecule has 2 rings (SSSR count). The molecule has 1 aromatic heterocycles. The second-order valence-electron chi connectivity index (χ2n) is 4.32. The van der Waals surface area contributed by atoms with Crippen molar-refractivity contribution in [3.05, 3.63) is 58.3 Å². The van der Waals surface area contributed by atoms with E-state index in [-0.39, 0.29) is 11.1 Å². The van der Waals surface area contributed by atoms with Crippen LogP contribution >= 0.6 is 11.6 Å². The fourth-order valence-electron chi connectivity index (χ4n) is 2.02. The van der Waals surface area contributed by atoms with Gasteiger partial charge < -0.3 is 9.73 Å². The standard InChI is InChI=1S/C15H17ClFNO/c1-3-11-6-8-14(19-11)15(18-4-2)10-5-7-12(16)13(17)9-10/h5-9,15,18H,3-4H2,1-2H3. The number of rotatable bonds is 5. The molecule has 0 aliphatic heterocycles. The molecule has 1 heterocycles. The summed E-state index contributed by atoms with van der Waals surface area (Å²) in [4.78, 5) is 0. The first-order chi connectivity index (χ1) is 9.15. The van der Waals surface area contributed by atoms with E-state index in [0.29, 0.717) is 0 Å². The molecule has 0 bridgehead atoms. The third-order valence-corrected chi connectivity index (χ3v) is 3.31. The molecular formula is C15H17ClFNO. The second kappa shape index (κ2) is 6.22. The highest BCUT2D eigenvalue weighted by molar-refractivity contribution is 6.30. The number of aryl methyl sites for hydroxylation is 1. The van der Waals surface area contributed by atoms with Crippen LogP contribution in [0.25, 0.3) is 0 Å². The Kier molecular flexibility index (Phi) is 4.61.